The van der Waals surface area contributed by atoms with Crippen molar-refractivity contribution < 1.29 is 40.1 Å². The zero-order valence-corrected chi connectivity index (χ0v) is 27.8. The summed E-state index contributed by atoms with van der Waals surface area (Å²) in [5.74, 6) is -3.79. The first-order valence-electron chi connectivity index (χ1n) is 16.1. The minimum Gasteiger partial charge on any atom is -0.549 e. The van der Waals surface area contributed by atoms with Gasteiger partial charge in [-0.3, -0.25) is 28.8 Å². The van der Waals surface area contributed by atoms with Crippen molar-refractivity contribution in [3.8, 4) is 0 Å². The first-order valence-corrected chi connectivity index (χ1v) is 17.5. The molecule has 0 bridgehead atoms. The maximum absolute atomic E-state index is 12.3. The Bertz CT molecular complexity index is 722. The van der Waals surface area contributed by atoms with Crippen LogP contribution >= 0.6 is 0 Å². The van der Waals surface area contributed by atoms with Crippen LogP contribution in [0.3, 0.4) is 0 Å². The van der Waals surface area contributed by atoms with Gasteiger partial charge in [-0.25, -0.2) is 0 Å². The summed E-state index contributed by atoms with van der Waals surface area (Å²) in [6.45, 7) is 4.83. The molecular weight excluding hydrogens is 573 g/mol. The van der Waals surface area contributed by atoms with Crippen LogP contribution in [0.2, 0.25) is 0 Å². The number of carbonyl (C=O) groups is 6. The van der Waals surface area contributed by atoms with Crippen molar-refractivity contribution in [1.82, 2.24) is 16.0 Å². The van der Waals surface area contributed by atoms with Crippen molar-refractivity contribution in [2.24, 2.45) is 0 Å². The van der Waals surface area contributed by atoms with Gasteiger partial charge in [-0.05, 0) is 19.3 Å². The Labute approximate surface area is 262 Å². The van der Waals surface area contributed by atoms with Gasteiger partial charge in [0.1, 0.15) is 19.6 Å². The highest BCUT2D eigenvalue weighted by molar-refractivity contribution is 6.44. The van der Waals surface area contributed by atoms with Crippen LogP contribution in [0.5, 0.6) is 0 Å². The normalized spacial score (nSPS) is 10.4. The summed E-state index contributed by atoms with van der Waals surface area (Å²) in [5.41, 5.74) is 0. The maximum atomic E-state index is 12.3. The molecule has 0 fully saturated rings. The summed E-state index contributed by atoms with van der Waals surface area (Å²) in [6.07, 6.45) is 15.3. The van der Waals surface area contributed by atoms with E-state index in [1.54, 1.807) is 0 Å². The standard InChI is InChI=1S/3C10H19NO3.Al/c3*1-2-3-4-5-6-7-9(12)11-8-10(13)14;/h3*2-8H2,1H3,(H,11,12)(H,13,14);/q;;;+3/p-3. The van der Waals surface area contributed by atoms with Gasteiger partial charge in [-0.15, -0.1) is 0 Å². The number of amides is 3. The summed E-state index contributed by atoms with van der Waals surface area (Å²) in [4.78, 5) is 73.0. The van der Waals surface area contributed by atoms with E-state index in [1.807, 2.05) is 0 Å². The highest BCUT2D eigenvalue weighted by Gasteiger charge is 2.49. The molecule has 0 heterocycles. The van der Waals surface area contributed by atoms with Gasteiger partial charge in [0.15, 0.2) is 0 Å². The van der Waals surface area contributed by atoms with Crippen LogP contribution in [0.4, 0.5) is 0 Å². The van der Waals surface area contributed by atoms with Crippen LogP contribution in [0.15, 0.2) is 0 Å². The summed E-state index contributed by atoms with van der Waals surface area (Å²) in [6, 6.07) is 0. The Morgan fingerprint density at radius 2 is 0.674 bits per heavy atom. The molecule has 0 saturated heterocycles. The number of hydrogen-bond donors (Lipinski definition) is 3. The molecule has 43 heavy (non-hydrogen) atoms. The summed E-state index contributed by atoms with van der Waals surface area (Å²) >= 11 is -3.71. The van der Waals surface area contributed by atoms with Gasteiger partial charge in [-0.2, -0.15) is 0 Å². The van der Waals surface area contributed by atoms with Crippen molar-refractivity contribution >= 4 is 50.8 Å². The van der Waals surface area contributed by atoms with Crippen LogP contribution < -0.4 is 16.0 Å². The second-order valence-electron chi connectivity index (χ2n) is 10.6. The Kier molecular flexibility index (Phi) is 26.4. The van der Waals surface area contributed by atoms with Crippen molar-refractivity contribution in [1.29, 1.82) is 0 Å². The van der Waals surface area contributed by atoms with Gasteiger partial charge in [0.05, 0.1) is 0 Å². The maximum Gasteiger partial charge on any atom is 1.20 e. The average Bonchev–Trinajstić information content (AvgIpc) is 2.97. The molecule has 246 valence electrons. The molecule has 0 aliphatic heterocycles. The molecule has 0 saturated carbocycles. The molecule has 12 nitrogen and oxygen atoms in total. The second-order valence-corrected chi connectivity index (χ2v) is 11.9. The van der Waals surface area contributed by atoms with Gasteiger partial charge >= 0.3 is 15.1 Å². The smallest absolute Gasteiger partial charge is 0.549 e. The van der Waals surface area contributed by atoms with E-state index in [2.05, 4.69) is 36.7 Å². The Hall–Kier alpha value is -2.65. The van der Waals surface area contributed by atoms with Crippen LogP contribution in [0.25, 0.3) is 0 Å². The minimum atomic E-state index is -3.71. The summed E-state index contributed by atoms with van der Waals surface area (Å²) in [7, 11) is 0. The Balaban J connectivity index is 4.76. The molecular formula is C30H54AlN3O9. The monoisotopic (exact) mass is 627 g/mol. The lowest BCUT2D eigenvalue weighted by molar-refractivity contribution is -0.148. The molecule has 3 N–H and O–H groups in total. The predicted molar refractivity (Wildman–Crippen MR) is 163 cm³/mol. The summed E-state index contributed by atoms with van der Waals surface area (Å²) < 4.78 is 15.3. The van der Waals surface area contributed by atoms with Crippen molar-refractivity contribution in [3.63, 3.8) is 0 Å². The van der Waals surface area contributed by atoms with E-state index < -0.39 is 52.7 Å². The highest BCUT2D eigenvalue weighted by Crippen LogP contribution is 2.06. The molecule has 0 rings (SSSR count). The highest BCUT2D eigenvalue weighted by atomic mass is 27.3. The Morgan fingerprint density at radius 1 is 0.419 bits per heavy atom. The molecule has 0 aliphatic carbocycles. The fourth-order valence-corrected chi connectivity index (χ4v) is 5.00. The molecule has 0 aromatic rings. The van der Waals surface area contributed by atoms with Gasteiger partial charge in [0, 0.05) is 19.3 Å². The molecule has 13 heteroatoms. The van der Waals surface area contributed by atoms with Gasteiger partial charge in [0.25, 0.3) is 17.9 Å². The van der Waals surface area contributed by atoms with Crippen molar-refractivity contribution in [2.75, 3.05) is 19.6 Å². The van der Waals surface area contributed by atoms with Crippen LogP contribution in [0, 0.1) is 0 Å². The lowest BCUT2D eigenvalue weighted by Gasteiger charge is -2.14. The molecule has 0 aromatic carbocycles. The third-order valence-electron chi connectivity index (χ3n) is 6.49. The zero-order valence-electron chi connectivity index (χ0n) is 26.6. The quantitative estimate of drug-likeness (QED) is 0.0900. The third kappa shape index (κ3) is 26.7. The second kappa shape index (κ2) is 28.1. The lowest BCUT2D eigenvalue weighted by atomic mass is 10.1. The van der Waals surface area contributed by atoms with Crippen LogP contribution in [0.1, 0.15) is 136 Å². The number of carbonyl (C=O) groups excluding carboxylic acids is 6. The fourth-order valence-electron chi connectivity index (χ4n) is 3.96. The molecule has 3 amide bonds. The van der Waals surface area contributed by atoms with E-state index in [0.717, 1.165) is 77.0 Å². The minimum absolute atomic E-state index is 0.262. The zero-order chi connectivity index (χ0) is 32.1. The molecule has 0 aliphatic rings. The van der Waals surface area contributed by atoms with Crippen molar-refractivity contribution in [3.05, 3.63) is 0 Å². The molecule has 0 aromatic heterocycles. The van der Waals surface area contributed by atoms with Crippen molar-refractivity contribution in [2.45, 2.75) is 136 Å². The molecule has 0 radical (unpaired) electrons. The van der Waals surface area contributed by atoms with Gasteiger partial charge < -0.3 is 27.3 Å². The largest absolute Gasteiger partial charge is 1.20 e. The van der Waals surface area contributed by atoms with E-state index in [0.29, 0.717) is 19.3 Å². The van der Waals surface area contributed by atoms with Gasteiger partial charge in [-0.1, -0.05) is 97.8 Å². The first kappa shape index (κ1) is 40.4. The topological polar surface area (TPSA) is 166 Å². The predicted octanol–water partition coefficient (Wildman–Crippen LogP) is 4.03. The van der Waals surface area contributed by atoms with E-state index in [9.17, 15) is 28.8 Å². The van der Waals surface area contributed by atoms with E-state index in [-0.39, 0.29) is 37.0 Å². The first-order chi connectivity index (χ1) is 20.7. The molecule has 0 spiro atoms. The van der Waals surface area contributed by atoms with Gasteiger partial charge in [0.2, 0.25) is 17.7 Å². The van der Waals surface area contributed by atoms with Crippen LogP contribution in [-0.2, 0) is 40.1 Å². The SMILES string of the molecule is CCCCCCCC(=O)NCC(=O)[O][Al]([O]C(=O)CNC(=O)CCCCCCC)[O]C(=O)CNC(=O)CCCCCCC. The van der Waals surface area contributed by atoms with E-state index in [4.69, 9.17) is 11.4 Å². The number of unbranched alkanes of at least 4 members (excludes halogenated alkanes) is 12. The third-order valence-corrected chi connectivity index (χ3v) is 7.86. The fraction of sp³-hybridized carbons (Fsp3) is 0.800. The molecule has 0 atom stereocenters. The Morgan fingerprint density at radius 3 is 0.930 bits per heavy atom. The van der Waals surface area contributed by atoms with Crippen LogP contribution in [-0.4, -0.2) is 70.4 Å². The average molecular weight is 628 g/mol. The molecule has 0 unspecified atom stereocenters. The van der Waals surface area contributed by atoms with E-state index in [1.165, 1.54) is 0 Å². The number of rotatable bonds is 27. The summed E-state index contributed by atoms with van der Waals surface area (Å²) in [5, 5.41) is 7.33. The lowest BCUT2D eigenvalue weighted by Crippen LogP contribution is -2.42. The van der Waals surface area contributed by atoms with E-state index >= 15 is 0 Å². The number of nitrogens with one attached hydrogen (secondary N) is 3. The number of hydrogen-bond acceptors (Lipinski definition) is 9.